The molecule has 0 aliphatic rings. The molecule has 0 radical (unpaired) electrons. The van der Waals surface area contributed by atoms with Crippen molar-refractivity contribution in [1.29, 1.82) is 0 Å². The van der Waals surface area contributed by atoms with Gasteiger partial charge in [-0.2, -0.15) is 0 Å². The van der Waals surface area contributed by atoms with Crippen LogP contribution in [0.5, 0.6) is 0 Å². The molecule has 0 aliphatic heterocycles. The van der Waals surface area contributed by atoms with Gasteiger partial charge in [-0.15, -0.1) is 0 Å². The van der Waals surface area contributed by atoms with Gasteiger partial charge in [-0.05, 0) is 35.7 Å². The summed E-state index contributed by atoms with van der Waals surface area (Å²) < 4.78 is 0. The Labute approximate surface area is 234 Å². The van der Waals surface area contributed by atoms with Crippen molar-refractivity contribution in [3.8, 4) is 0 Å². The van der Waals surface area contributed by atoms with Crippen molar-refractivity contribution in [3.63, 3.8) is 0 Å². The van der Waals surface area contributed by atoms with Crippen LogP contribution in [0, 0.1) is 20.2 Å². The molecule has 2 rings (SSSR count). The van der Waals surface area contributed by atoms with E-state index in [1.54, 1.807) is 6.08 Å². The van der Waals surface area contributed by atoms with E-state index in [4.69, 9.17) is 0 Å². The molecular formula is C32H47N3O4. The fourth-order valence-corrected chi connectivity index (χ4v) is 4.76. The van der Waals surface area contributed by atoms with E-state index in [9.17, 15) is 20.2 Å². The van der Waals surface area contributed by atoms with E-state index in [-0.39, 0.29) is 0 Å². The maximum Gasteiger partial charge on any atom is 0.346 e. The molecule has 1 N–H and O–H groups in total. The van der Waals surface area contributed by atoms with E-state index < -0.39 is 21.2 Å². The zero-order valence-electron chi connectivity index (χ0n) is 23.7. The molecule has 0 aliphatic carbocycles. The fourth-order valence-electron chi connectivity index (χ4n) is 4.76. The zero-order valence-corrected chi connectivity index (χ0v) is 23.7. The van der Waals surface area contributed by atoms with Crippen molar-refractivity contribution < 1.29 is 9.85 Å². The highest BCUT2D eigenvalue weighted by Gasteiger charge is 2.23. The minimum atomic E-state index is -0.739. The summed E-state index contributed by atoms with van der Waals surface area (Å²) in [6.07, 6.45) is 25.5. The van der Waals surface area contributed by atoms with Crippen LogP contribution in [0.3, 0.4) is 0 Å². The monoisotopic (exact) mass is 537 g/mol. The second-order valence-electron chi connectivity index (χ2n) is 10.4. The van der Waals surface area contributed by atoms with Gasteiger partial charge in [-0.25, -0.2) is 0 Å². The topological polar surface area (TPSA) is 98.3 Å². The minimum Gasteiger partial charge on any atom is -0.385 e. The first kappa shape index (κ1) is 32.0. The van der Waals surface area contributed by atoms with Crippen LogP contribution in [0.1, 0.15) is 121 Å². The first-order valence-corrected chi connectivity index (χ1v) is 15.0. The summed E-state index contributed by atoms with van der Waals surface area (Å²) in [5, 5.41) is 25.6. The Morgan fingerprint density at radius 3 is 1.51 bits per heavy atom. The average Bonchev–Trinajstić information content (AvgIpc) is 2.94. The summed E-state index contributed by atoms with van der Waals surface area (Å²) in [6, 6.07) is 11.9. The van der Waals surface area contributed by atoms with Gasteiger partial charge in [0.25, 0.3) is 0 Å². The van der Waals surface area contributed by atoms with Crippen LogP contribution >= 0.6 is 0 Å². The number of rotatable bonds is 22. The lowest BCUT2D eigenvalue weighted by Gasteiger charge is -2.07. The molecule has 7 nitrogen and oxygen atoms in total. The van der Waals surface area contributed by atoms with E-state index >= 15 is 0 Å². The lowest BCUT2D eigenvalue weighted by atomic mass is 10.0. The number of nitro benzene ring substituents is 2. The number of anilines is 1. The molecular weight excluding hydrogens is 490 g/mol. The van der Waals surface area contributed by atoms with E-state index in [2.05, 4.69) is 12.2 Å². The van der Waals surface area contributed by atoms with E-state index in [1.807, 2.05) is 30.3 Å². The Kier molecular flexibility index (Phi) is 16.2. The first-order chi connectivity index (χ1) is 19.0. The quantitative estimate of drug-likeness (QED) is 0.0697. The minimum absolute atomic E-state index is 0.503. The molecule has 0 amide bonds. The lowest BCUT2D eigenvalue weighted by Crippen LogP contribution is -2.01. The van der Waals surface area contributed by atoms with E-state index in [1.165, 1.54) is 121 Å². The number of nitrogens with one attached hydrogen (secondary N) is 1. The van der Waals surface area contributed by atoms with E-state index in [0.29, 0.717) is 5.56 Å². The summed E-state index contributed by atoms with van der Waals surface area (Å²) in [4.78, 5) is 20.6. The van der Waals surface area contributed by atoms with Gasteiger partial charge in [0.1, 0.15) is 0 Å². The molecule has 2 aromatic carbocycles. The van der Waals surface area contributed by atoms with Crippen LogP contribution < -0.4 is 5.32 Å². The SMILES string of the molecule is CCCCCCCCCCCCCCCCCCNc1ccc(C=Cc2ccc([N+](=O)[O-])c([N+](=O)[O-])c2)cc1. The van der Waals surface area contributed by atoms with E-state index in [0.717, 1.165) is 17.8 Å². The molecule has 0 bridgehead atoms. The predicted octanol–water partition coefficient (Wildman–Crippen LogP) is 10.3. The lowest BCUT2D eigenvalue weighted by molar-refractivity contribution is -0.422. The van der Waals surface area contributed by atoms with Gasteiger partial charge in [0.05, 0.1) is 9.85 Å². The Balaban J connectivity index is 1.52. The van der Waals surface area contributed by atoms with Crippen LogP contribution in [0.25, 0.3) is 12.2 Å². The maximum absolute atomic E-state index is 11.1. The van der Waals surface area contributed by atoms with Gasteiger partial charge in [0, 0.05) is 24.4 Å². The van der Waals surface area contributed by atoms with Crippen molar-refractivity contribution in [1.82, 2.24) is 0 Å². The standard InChI is InChI=1S/C32H47N3O4/c1-2-3-4-5-6-7-8-9-10-11-12-13-14-15-16-17-26-33-30-23-20-28(21-24-30)18-19-29-22-25-31(34(36)37)32(27-29)35(38)39/h18-25,27,33H,2-17,26H2,1H3. The highest BCUT2D eigenvalue weighted by molar-refractivity contribution is 5.73. The predicted molar refractivity (Wildman–Crippen MR) is 163 cm³/mol. The summed E-state index contributed by atoms with van der Waals surface area (Å²) in [5.41, 5.74) is 1.55. The Morgan fingerprint density at radius 1 is 0.590 bits per heavy atom. The third-order valence-electron chi connectivity index (χ3n) is 7.13. The van der Waals surface area contributed by atoms with Crippen molar-refractivity contribution in [2.24, 2.45) is 0 Å². The molecule has 7 heteroatoms. The van der Waals surface area contributed by atoms with Crippen molar-refractivity contribution in [3.05, 3.63) is 73.8 Å². The molecule has 0 spiro atoms. The number of hydrogen-bond donors (Lipinski definition) is 1. The molecule has 0 fully saturated rings. The second kappa shape index (κ2) is 19.8. The normalized spacial score (nSPS) is 11.2. The highest BCUT2D eigenvalue weighted by atomic mass is 16.6. The van der Waals surface area contributed by atoms with Gasteiger partial charge in [0.2, 0.25) is 0 Å². The highest BCUT2D eigenvalue weighted by Crippen LogP contribution is 2.28. The molecule has 214 valence electrons. The summed E-state index contributed by atoms with van der Waals surface area (Å²) >= 11 is 0. The largest absolute Gasteiger partial charge is 0.385 e. The second-order valence-corrected chi connectivity index (χ2v) is 10.4. The van der Waals surface area contributed by atoms with Crippen molar-refractivity contribution in [2.45, 2.75) is 110 Å². The molecule has 0 unspecified atom stereocenters. The Bertz CT molecular complexity index is 1000. The van der Waals surface area contributed by atoms with Crippen LogP contribution in [0.15, 0.2) is 42.5 Å². The van der Waals surface area contributed by atoms with Gasteiger partial charge < -0.3 is 5.32 Å². The molecule has 0 saturated carbocycles. The van der Waals surface area contributed by atoms with Crippen LogP contribution in [0.4, 0.5) is 17.1 Å². The summed E-state index contributed by atoms with van der Waals surface area (Å²) in [6.45, 7) is 3.23. The van der Waals surface area contributed by atoms with Gasteiger partial charge in [-0.3, -0.25) is 20.2 Å². The zero-order chi connectivity index (χ0) is 28.1. The number of nitrogens with zero attached hydrogens (tertiary/aromatic N) is 2. The Morgan fingerprint density at radius 2 is 1.03 bits per heavy atom. The van der Waals surface area contributed by atoms with Crippen LogP contribution in [-0.2, 0) is 0 Å². The molecule has 0 saturated heterocycles. The third kappa shape index (κ3) is 13.9. The third-order valence-corrected chi connectivity index (χ3v) is 7.13. The van der Waals surface area contributed by atoms with Gasteiger partial charge in [0.15, 0.2) is 0 Å². The Hall–Kier alpha value is -3.22. The number of unbranched alkanes of at least 4 members (excludes halogenated alkanes) is 15. The van der Waals surface area contributed by atoms with Crippen molar-refractivity contribution in [2.75, 3.05) is 11.9 Å². The van der Waals surface area contributed by atoms with Crippen LogP contribution in [0.2, 0.25) is 0 Å². The molecule has 0 heterocycles. The molecule has 0 aromatic heterocycles. The molecule has 2 aromatic rings. The number of nitro groups is 2. The fraction of sp³-hybridized carbons (Fsp3) is 0.562. The number of hydrogen-bond acceptors (Lipinski definition) is 5. The summed E-state index contributed by atoms with van der Waals surface area (Å²) in [7, 11) is 0. The van der Waals surface area contributed by atoms with Crippen molar-refractivity contribution >= 4 is 29.2 Å². The number of benzene rings is 2. The maximum atomic E-state index is 11.1. The van der Waals surface area contributed by atoms with Crippen LogP contribution in [-0.4, -0.2) is 16.4 Å². The average molecular weight is 538 g/mol. The summed E-state index contributed by atoms with van der Waals surface area (Å²) in [5.74, 6) is 0. The first-order valence-electron chi connectivity index (χ1n) is 15.0. The smallest absolute Gasteiger partial charge is 0.346 e. The van der Waals surface area contributed by atoms with Gasteiger partial charge in [-0.1, -0.05) is 128 Å². The molecule has 0 atom stereocenters. The molecule has 39 heavy (non-hydrogen) atoms. The van der Waals surface area contributed by atoms with Gasteiger partial charge >= 0.3 is 11.4 Å².